The normalized spacial score (nSPS) is 24.4. The predicted octanol–water partition coefficient (Wildman–Crippen LogP) is 0.929. The largest absolute Gasteiger partial charge is 0.340 e. The molecule has 1 atom stereocenters. The third-order valence-electron chi connectivity index (χ3n) is 4.40. The van der Waals surface area contributed by atoms with E-state index in [-0.39, 0.29) is 5.92 Å². The van der Waals surface area contributed by atoms with Crippen LogP contribution in [0.15, 0.2) is 0 Å². The van der Waals surface area contributed by atoms with Crippen molar-refractivity contribution in [2.45, 2.75) is 38.6 Å². The quantitative estimate of drug-likeness (QED) is 0.809. The molecule has 2 fully saturated rings. The molecule has 2 aliphatic rings. The van der Waals surface area contributed by atoms with Crippen molar-refractivity contribution in [2.75, 3.05) is 39.8 Å². The van der Waals surface area contributed by atoms with E-state index < -0.39 is 0 Å². The lowest BCUT2D eigenvalue weighted by Crippen LogP contribution is -2.53. The lowest BCUT2D eigenvalue weighted by Gasteiger charge is -2.39. The zero-order chi connectivity index (χ0) is 13.0. The molecule has 0 radical (unpaired) electrons. The fourth-order valence-corrected chi connectivity index (χ4v) is 3.28. The summed E-state index contributed by atoms with van der Waals surface area (Å²) in [4.78, 5) is 16.8. The second kappa shape index (κ2) is 6.53. The summed E-state index contributed by atoms with van der Waals surface area (Å²) in [5, 5.41) is 3.08. The summed E-state index contributed by atoms with van der Waals surface area (Å²) < 4.78 is 0. The van der Waals surface area contributed by atoms with Crippen molar-refractivity contribution in [2.24, 2.45) is 5.92 Å². The van der Waals surface area contributed by atoms with Gasteiger partial charge in [0.1, 0.15) is 0 Å². The minimum absolute atomic E-state index is 0.105. The Labute approximate surface area is 111 Å². The Morgan fingerprint density at radius 3 is 2.39 bits per heavy atom. The molecule has 104 valence electrons. The molecule has 4 heteroatoms. The van der Waals surface area contributed by atoms with Crippen molar-refractivity contribution in [1.82, 2.24) is 15.1 Å². The number of hydrogen-bond acceptors (Lipinski definition) is 3. The summed E-state index contributed by atoms with van der Waals surface area (Å²) in [5.41, 5.74) is 0. The first kappa shape index (κ1) is 13.8. The van der Waals surface area contributed by atoms with Crippen molar-refractivity contribution in [1.29, 1.82) is 0 Å². The van der Waals surface area contributed by atoms with Gasteiger partial charge in [-0.15, -0.1) is 0 Å². The maximum Gasteiger partial charge on any atom is 0.226 e. The van der Waals surface area contributed by atoms with Crippen LogP contribution in [0.3, 0.4) is 0 Å². The molecular formula is C14H27N3O. The molecule has 4 nitrogen and oxygen atoms in total. The van der Waals surface area contributed by atoms with Crippen LogP contribution < -0.4 is 5.32 Å². The SMILES string of the molecule is CNCC(C)C(=O)N1CCN(C2CCCC2)CC1. The summed E-state index contributed by atoms with van der Waals surface area (Å²) in [7, 11) is 1.90. The highest BCUT2D eigenvalue weighted by molar-refractivity contribution is 5.78. The van der Waals surface area contributed by atoms with Gasteiger partial charge in [0, 0.05) is 44.7 Å². The molecule has 0 bridgehead atoms. The molecule has 1 N–H and O–H groups in total. The third kappa shape index (κ3) is 3.23. The molecule has 0 spiro atoms. The summed E-state index contributed by atoms with van der Waals surface area (Å²) in [5.74, 6) is 0.420. The van der Waals surface area contributed by atoms with Crippen molar-refractivity contribution >= 4 is 5.91 Å². The number of amides is 1. The average molecular weight is 253 g/mol. The van der Waals surface area contributed by atoms with Gasteiger partial charge in [-0.25, -0.2) is 0 Å². The standard InChI is InChI=1S/C14H27N3O/c1-12(11-15-2)14(18)17-9-7-16(8-10-17)13-5-3-4-6-13/h12-13,15H,3-11H2,1-2H3. The molecule has 1 aliphatic heterocycles. The molecule has 1 saturated heterocycles. The smallest absolute Gasteiger partial charge is 0.226 e. The van der Waals surface area contributed by atoms with E-state index in [4.69, 9.17) is 0 Å². The van der Waals surface area contributed by atoms with Crippen LogP contribution in [0.25, 0.3) is 0 Å². The fraction of sp³-hybridized carbons (Fsp3) is 0.929. The van der Waals surface area contributed by atoms with Crippen LogP contribution in [-0.4, -0.2) is 61.5 Å². The van der Waals surface area contributed by atoms with Crippen LogP contribution in [-0.2, 0) is 4.79 Å². The molecule has 1 unspecified atom stereocenters. The zero-order valence-electron chi connectivity index (χ0n) is 11.8. The van der Waals surface area contributed by atoms with Crippen LogP contribution in [0, 0.1) is 5.92 Å². The number of carbonyl (C=O) groups excluding carboxylic acids is 1. The molecule has 1 aliphatic carbocycles. The number of piperazine rings is 1. The lowest BCUT2D eigenvalue weighted by molar-refractivity contribution is -0.136. The van der Waals surface area contributed by atoms with Crippen LogP contribution in [0.5, 0.6) is 0 Å². The van der Waals surface area contributed by atoms with E-state index in [1.165, 1.54) is 25.7 Å². The molecule has 0 aromatic heterocycles. The van der Waals surface area contributed by atoms with Gasteiger partial charge in [0.25, 0.3) is 0 Å². The average Bonchev–Trinajstić information content (AvgIpc) is 2.92. The summed E-state index contributed by atoms with van der Waals surface area (Å²) in [6, 6.07) is 0.803. The molecular weight excluding hydrogens is 226 g/mol. The van der Waals surface area contributed by atoms with Gasteiger partial charge in [-0.2, -0.15) is 0 Å². The summed E-state index contributed by atoms with van der Waals surface area (Å²) in [6.45, 7) is 6.78. The van der Waals surface area contributed by atoms with Gasteiger partial charge in [0.2, 0.25) is 5.91 Å². The van der Waals surface area contributed by atoms with Crippen LogP contribution >= 0.6 is 0 Å². The van der Waals surface area contributed by atoms with Gasteiger partial charge in [-0.1, -0.05) is 19.8 Å². The number of nitrogens with one attached hydrogen (secondary N) is 1. The highest BCUT2D eigenvalue weighted by Crippen LogP contribution is 2.24. The Hall–Kier alpha value is -0.610. The minimum atomic E-state index is 0.105. The molecule has 1 amide bonds. The predicted molar refractivity (Wildman–Crippen MR) is 73.5 cm³/mol. The number of hydrogen-bond donors (Lipinski definition) is 1. The Morgan fingerprint density at radius 1 is 1.22 bits per heavy atom. The lowest BCUT2D eigenvalue weighted by atomic mass is 10.1. The van der Waals surface area contributed by atoms with Crippen LogP contribution in [0.4, 0.5) is 0 Å². The molecule has 18 heavy (non-hydrogen) atoms. The second-order valence-corrected chi connectivity index (χ2v) is 5.76. The first-order chi connectivity index (χ1) is 8.72. The Balaban J connectivity index is 1.77. The van der Waals surface area contributed by atoms with Crippen LogP contribution in [0.1, 0.15) is 32.6 Å². The second-order valence-electron chi connectivity index (χ2n) is 5.76. The molecule has 1 heterocycles. The Bertz CT molecular complexity index is 268. The minimum Gasteiger partial charge on any atom is -0.340 e. The van der Waals surface area contributed by atoms with E-state index in [2.05, 4.69) is 10.2 Å². The van der Waals surface area contributed by atoms with Gasteiger partial charge >= 0.3 is 0 Å². The number of nitrogens with zero attached hydrogens (tertiary/aromatic N) is 2. The highest BCUT2D eigenvalue weighted by atomic mass is 16.2. The third-order valence-corrected chi connectivity index (χ3v) is 4.40. The molecule has 1 saturated carbocycles. The number of carbonyl (C=O) groups is 1. The summed E-state index contributed by atoms with van der Waals surface area (Å²) in [6.07, 6.45) is 5.51. The first-order valence-electron chi connectivity index (χ1n) is 7.40. The van der Waals surface area contributed by atoms with Gasteiger partial charge < -0.3 is 10.2 Å². The Morgan fingerprint density at radius 2 is 1.83 bits per heavy atom. The highest BCUT2D eigenvalue weighted by Gasteiger charge is 2.29. The van der Waals surface area contributed by atoms with E-state index >= 15 is 0 Å². The van der Waals surface area contributed by atoms with Crippen molar-refractivity contribution in [3.05, 3.63) is 0 Å². The fourth-order valence-electron chi connectivity index (χ4n) is 3.28. The van der Waals surface area contributed by atoms with Crippen LogP contribution in [0.2, 0.25) is 0 Å². The van der Waals surface area contributed by atoms with Crippen molar-refractivity contribution < 1.29 is 4.79 Å². The van der Waals surface area contributed by atoms with E-state index in [1.54, 1.807) is 0 Å². The molecule has 0 aromatic carbocycles. The van der Waals surface area contributed by atoms with E-state index in [9.17, 15) is 4.79 Å². The van der Waals surface area contributed by atoms with E-state index in [0.717, 1.165) is 38.8 Å². The first-order valence-corrected chi connectivity index (χ1v) is 7.40. The molecule has 2 rings (SSSR count). The maximum absolute atomic E-state index is 12.2. The monoisotopic (exact) mass is 253 g/mol. The van der Waals surface area contributed by atoms with Gasteiger partial charge in [0.15, 0.2) is 0 Å². The zero-order valence-corrected chi connectivity index (χ0v) is 11.8. The number of rotatable bonds is 4. The summed E-state index contributed by atoms with van der Waals surface area (Å²) >= 11 is 0. The van der Waals surface area contributed by atoms with Crippen molar-refractivity contribution in [3.63, 3.8) is 0 Å². The molecule has 0 aromatic rings. The van der Waals surface area contributed by atoms with E-state index in [1.807, 2.05) is 18.9 Å². The van der Waals surface area contributed by atoms with Gasteiger partial charge in [-0.05, 0) is 19.9 Å². The topological polar surface area (TPSA) is 35.6 Å². The van der Waals surface area contributed by atoms with Gasteiger partial charge in [0.05, 0.1) is 0 Å². The Kier molecular flexibility index (Phi) is 5.01. The van der Waals surface area contributed by atoms with Gasteiger partial charge in [-0.3, -0.25) is 9.69 Å². The van der Waals surface area contributed by atoms with E-state index in [0.29, 0.717) is 5.91 Å². The van der Waals surface area contributed by atoms with Crippen molar-refractivity contribution in [3.8, 4) is 0 Å². The maximum atomic E-state index is 12.2.